The van der Waals surface area contributed by atoms with E-state index in [1.807, 2.05) is 12.1 Å². The largest absolute Gasteiger partial charge is 0.456 e. The van der Waals surface area contributed by atoms with E-state index in [2.05, 4.69) is 143 Å². The lowest BCUT2D eigenvalue weighted by Crippen LogP contribution is -1.99. The lowest BCUT2D eigenvalue weighted by atomic mass is 10.1. The maximum atomic E-state index is 7.04. The third-order valence-corrected chi connectivity index (χ3v) is 9.70. The normalized spacial score (nSPS) is 12.3. The standard InChI is InChI=1S/C42H24N2O2/c1-6-16-33-26(11-1)27-12-2-7-17-34(27)43(33)25-23-32-30-21-22-39-40(31-15-5-10-20-38(31)45-39)42(30)46-41(32)37(24-25)44-35-18-8-3-13-28(35)29-14-4-9-19-36(29)44/h1-24H. The summed E-state index contributed by atoms with van der Waals surface area (Å²) in [5.41, 5.74) is 10.1. The minimum absolute atomic E-state index is 0.828. The minimum atomic E-state index is 0.828. The molecule has 0 bridgehead atoms. The highest BCUT2D eigenvalue weighted by Gasteiger charge is 2.23. The van der Waals surface area contributed by atoms with Gasteiger partial charge >= 0.3 is 0 Å². The minimum Gasteiger partial charge on any atom is -0.456 e. The third kappa shape index (κ3) is 3.03. The van der Waals surface area contributed by atoms with E-state index in [0.717, 1.165) is 66.3 Å². The Morgan fingerprint density at radius 3 is 1.48 bits per heavy atom. The molecule has 4 heterocycles. The molecule has 4 aromatic heterocycles. The van der Waals surface area contributed by atoms with Gasteiger partial charge in [0.05, 0.1) is 33.1 Å². The quantitative estimate of drug-likeness (QED) is 0.201. The molecule has 0 amide bonds. The highest BCUT2D eigenvalue weighted by molar-refractivity contribution is 6.23. The predicted molar refractivity (Wildman–Crippen MR) is 190 cm³/mol. The summed E-state index contributed by atoms with van der Waals surface area (Å²) in [6.45, 7) is 0. The van der Waals surface area contributed by atoms with Crippen LogP contribution in [0.4, 0.5) is 0 Å². The van der Waals surface area contributed by atoms with Crippen LogP contribution in [0.5, 0.6) is 0 Å². The number of para-hydroxylation sites is 5. The number of fused-ring (bicyclic) bond motifs is 13. The van der Waals surface area contributed by atoms with Crippen LogP contribution in [0.1, 0.15) is 0 Å². The second-order valence-corrected chi connectivity index (χ2v) is 12.1. The molecular formula is C42H24N2O2. The molecule has 11 rings (SSSR count). The van der Waals surface area contributed by atoms with Gasteiger partial charge in [0.15, 0.2) is 5.58 Å². The number of hydrogen-bond acceptors (Lipinski definition) is 2. The molecule has 0 fully saturated rings. The molecule has 0 aliphatic heterocycles. The van der Waals surface area contributed by atoms with Crippen LogP contribution in [0.2, 0.25) is 0 Å². The first-order chi connectivity index (χ1) is 22.8. The van der Waals surface area contributed by atoms with E-state index >= 15 is 0 Å². The van der Waals surface area contributed by atoms with Gasteiger partial charge in [-0.2, -0.15) is 0 Å². The SMILES string of the molecule is c1ccc2c(c1)oc1ccc3c4cc(-n5c6ccccc6c6ccccc65)cc(-n5c6ccccc6c6ccccc65)c4oc3c12. The Hall–Kier alpha value is -6.26. The van der Waals surface area contributed by atoms with Gasteiger partial charge in [-0.25, -0.2) is 0 Å². The van der Waals surface area contributed by atoms with Crippen LogP contribution in [0.3, 0.4) is 0 Å². The van der Waals surface area contributed by atoms with Gasteiger partial charge in [0.2, 0.25) is 0 Å². The molecule has 214 valence electrons. The van der Waals surface area contributed by atoms with Crippen LogP contribution < -0.4 is 0 Å². The summed E-state index contributed by atoms with van der Waals surface area (Å²) >= 11 is 0. The van der Waals surface area contributed by atoms with Gasteiger partial charge in [-0.3, -0.25) is 0 Å². The predicted octanol–water partition coefficient (Wildman–Crippen LogP) is 11.7. The van der Waals surface area contributed by atoms with Gasteiger partial charge in [0.25, 0.3) is 0 Å². The Morgan fingerprint density at radius 1 is 0.348 bits per heavy atom. The molecule has 46 heavy (non-hydrogen) atoms. The fourth-order valence-electron chi connectivity index (χ4n) is 7.79. The van der Waals surface area contributed by atoms with E-state index in [0.29, 0.717) is 0 Å². The summed E-state index contributed by atoms with van der Waals surface area (Å²) < 4.78 is 18.1. The van der Waals surface area contributed by atoms with Crippen molar-refractivity contribution in [1.82, 2.24) is 9.13 Å². The second-order valence-electron chi connectivity index (χ2n) is 12.1. The van der Waals surface area contributed by atoms with Gasteiger partial charge in [-0.1, -0.05) is 91.0 Å². The van der Waals surface area contributed by atoms with Gasteiger partial charge in [-0.15, -0.1) is 0 Å². The maximum Gasteiger partial charge on any atom is 0.159 e. The number of furan rings is 2. The number of benzene rings is 7. The van der Waals surface area contributed by atoms with E-state index in [-0.39, 0.29) is 0 Å². The monoisotopic (exact) mass is 588 g/mol. The second kappa shape index (κ2) is 8.68. The fraction of sp³-hybridized carbons (Fsp3) is 0. The van der Waals surface area contributed by atoms with Crippen LogP contribution in [0.15, 0.2) is 154 Å². The van der Waals surface area contributed by atoms with Gasteiger partial charge < -0.3 is 18.0 Å². The molecule has 4 nitrogen and oxygen atoms in total. The molecule has 0 atom stereocenters. The Kier molecular flexibility index (Phi) is 4.55. The highest BCUT2D eigenvalue weighted by atomic mass is 16.3. The lowest BCUT2D eigenvalue weighted by molar-refractivity contribution is 0.661. The van der Waals surface area contributed by atoms with E-state index in [9.17, 15) is 0 Å². The van der Waals surface area contributed by atoms with Crippen molar-refractivity contribution >= 4 is 87.5 Å². The fourth-order valence-corrected chi connectivity index (χ4v) is 7.79. The molecule has 0 unspecified atom stereocenters. The van der Waals surface area contributed by atoms with Gasteiger partial charge in [0.1, 0.15) is 16.7 Å². The molecule has 0 saturated carbocycles. The zero-order chi connectivity index (χ0) is 29.9. The summed E-state index contributed by atoms with van der Waals surface area (Å²) in [5, 5.41) is 9.11. The van der Waals surface area contributed by atoms with Gasteiger partial charge in [-0.05, 0) is 54.6 Å². The first kappa shape index (κ1) is 24.1. The number of aromatic nitrogens is 2. The topological polar surface area (TPSA) is 36.1 Å². The summed E-state index contributed by atoms with van der Waals surface area (Å²) in [6, 6.07) is 51.7. The summed E-state index contributed by atoms with van der Waals surface area (Å²) in [6.07, 6.45) is 0. The summed E-state index contributed by atoms with van der Waals surface area (Å²) in [5.74, 6) is 0. The lowest BCUT2D eigenvalue weighted by Gasteiger charge is -2.14. The molecule has 0 radical (unpaired) electrons. The molecule has 4 heteroatoms. The Bertz CT molecular complexity index is 2930. The van der Waals surface area contributed by atoms with Crippen LogP contribution in [0.25, 0.3) is 98.9 Å². The maximum absolute atomic E-state index is 7.04. The average Bonchev–Trinajstić information content (AvgIpc) is 3.85. The highest BCUT2D eigenvalue weighted by Crippen LogP contribution is 2.44. The van der Waals surface area contributed by atoms with Crippen LogP contribution >= 0.6 is 0 Å². The zero-order valence-electron chi connectivity index (χ0n) is 24.6. The van der Waals surface area contributed by atoms with Crippen molar-refractivity contribution in [3.8, 4) is 11.4 Å². The summed E-state index contributed by atoms with van der Waals surface area (Å²) in [7, 11) is 0. The van der Waals surface area contributed by atoms with Crippen molar-refractivity contribution in [3.05, 3.63) is 146 Å². The first-order valence-corrected chi connectivity index (χ1v) is 15.6. The zero-order valence-corrected chi connectivity index (χ0v) is 24.6. The number of nitrogens with zero attached hydrogens (tertiary/aromatic N) is 2. The average molecular weight is 589 g/mol. The number of hydrogen-bond donors (Lipinski definition) is 0. The Balaban J connectivity index is 1.36. The van der Waals surface area contributed by atoms with Crippen LogP contribution in [0, 0.1) is 0 Å². The van der Waals surface area contributed by atoms with E-state index in [4.69, 9.17) is 8.83 Å². The van der Waals surface area contributed by atoms with Gasteiger partial charge in [0, 0.05) is 43.4 Å². The molecule has 0 spiro atoms. The van der Waals surface area contributed by atoms with Crippen molar-refractivity contribution in [1.29, 1.82) is 0 Å². The smallest absolute Gasteiger partial charge is 0.159 e. The molecule has 11 aromatic rings. The van der Waals surface area contributed by atoms with Crippen molar-refractivity contribution in [2.75, 3.05) is 0 Å². The van der Waals surface area contributed by atoms with Crippen molar-refractivity contribution in [2.24, 2.45) is 0 Å². The first-order valence-electron chi connectivity index (χ1n) is 15.6. The molecular weight excluding hydrogens is 564 g/mol. The van der Waals surface area contributed by atoms with E-state index in [1.54, 1.807) is 0 Å². The number of rotatable bonds is 2. The summed E-state index contributed by atoms with van der Waals surface area (Å²) in [4.78, 5) is 0. The van der Waals surface area contributed by atoms with Crippen molar-refractivity contribution < 1.29 is 8.83 Å². The Morgan fingerprint density at radius 2 is 0.870 bits per heavy atom. The van der Waals surface area contributed by atoms with Crippen LogP contribution in [-0.2, 0) is 0 Å². The van der Waals surface area contributed by atoms with E-state index < -0.39 is 0 Å². The molecule has 0 aliphatic carbocycles. The molecule has 0 N–H and O–H groups in total. The molecule has 7 aromatic carbocycles. The third-order valence-electron chi connectivity index (χ3n) is 9.70. The molecule has 0 saturated heterocycles. The Labute approximate surface area is 261 Å². The van der Waals surface area contributed by atoms with E-state index in [1.165, 1.54) is 32.6 Å². The van der Waals surface area contributed by atoms with Crippen LogP contribution in [-0.4, -0.2) is 9.13 Å². The van der Waals surface area contributed by atoms with Crippen molar-refractivity contribution in [3.63, 3.8) is 0 Å². The molecule has 0 aliphatic rings. The van der Waals surface area contributed by atoms with Crippen molar-refractivity contribution in [2.45, 2.75) is 0 Å².